The Morgan fingerprint density at radius 2 is 1.83 bits per heavy atom. The van der Waals surface area contributed by atoms with Gasteiger partial charge in [0.25, 0.3) is 0 Å². The lowest BCUT2D eigenvalue weighted by Gasteiger charge is -2.41. The van der Waals surface area contributed by atoms with Gasteiger partial charge < -0.3 is 15.2 Å². The monoisotopic (exact) mass is 431 g/mol. The molecule has 0 unspecified atom stereocenters. The SMILES string of the molecule is CC[C@H](C)OC(=O)c1c(NC(=O)[C@@H]2[C@@H](C(=O)O)[C@H]3C=C[C@@H]2CC3)sc2c1CCCC2. The molecule has 1 amide bonds. The molecule has 2 N–H and O–H groups in total. The van der Waals surface area contributed by atoms with Crippen molar-refractivity contribution in [2.24, 2.45) is 23.7 Å². The number of esters is 1. The highest BCUT2D eigenvalue weighted by Crippen LogP contribution is 2.46. The Morgan fingerprint density at radius 1 is 1.17 bits per heavy atom. The molecule has 1 fully saturated rings. The van der Waals surface area contributed by atoms with Crippen LogP contribution in [0.2, 0.25) is 0 Å². The Balaban J connectivity index is 1.63. The number of thiophene rings is 1. The molecule has 0 radical (unpaired) electrons. The molecule has 6 nitrogen and oxygen atoms in total. The summed E-state index contributed by atoms with van der Waals surface area (Å²) < 4.78 is 5.60. The van der Waals surface area contributed by atoms with Crippen LogP contribution in [0.5, 0.6) is 0 Å². The number of amides is 1. The summed E-state index contributed by atoms with van der Waals surface area (Å²) in [5.74, 6) is -3.09. The van der Waals surface area contributed by atoms with Crippen molar-refractivity contribution in [2.45, 2.75) is 64.9 Å². The van der Waals surface area contributed by atoms with Crippen LogP contribution in [0.4, 0.5) is 5.00 Å². The number of aliphatic carboxylic acids is 1. The zero-order valence-corrected chi connectivity index (χ0v) is 18.3. The van der Waals surface area contributed by atoms with Gasteiger partial charge in [0.2, 0.25) is 5.91 Å². The second-order valence-electron chi connectivity index (χ2n) is 8.71. The van der Waals surface area contributed by atoms with Gasteiger partial charge in [-0.25, -0.2) is 4.79 Å². The van der Waals surface area contributed by atoms with Gasteiger partial charge in [0.05, 0.1) is 23.5 Å². The lowest BCUT2D eigenvalue weighted by molar-refractivity contribution is -0.151. The molecule has 0 spiro atoms. The van der Waals surface area contributed by atoms with E-state index in [1.165, 1.54) is 11.3 Å². The van der Waals surface area contributed by atoms with E-state index in [-0.39, 0.29) is 29.8 Å². The summed E-state index contributed by atoms with van der Waals surface area (Å²) >= 11 is 1.45. The van der Waals surface area contributed by atoms with Gasteiger partial charge in [-0.1, -0.05) is 19.1 Å². The number of carbonyl (C=O) groups excluding carboxylic acids is 2. The van der Waals surface area contributed by atoms with Crippen LogP contribution in [0.25, 0.3) is 0 Å². The number of rotatable bonds is 6. The maximum absolute atomic E-state index is 13.3. The molecule has 4 aliphatic carbocycles. The van der Waals surface area contributed by atoms with Crippen LogP contribution >= 0.6 is 11.3 Å². The van der Waals surface area contributed by atoms with Gasteiger partial charge in [0.15, 0.2) is 0 Å². The van der Waals surface area contributed by atoms with Crippen molar-refractivity contribution < 1.29 is 24.2 Å². The van der Waals surface area contributed by atoms with Crippen LogP contribution in [0, 0.1) is 23.7 Å². The third kappa shape index (κ3) is 3.80. The fourth-order valence-electron chi connectivity index (χ4n) is 5.08. The minimum absolute atomic E-state index is 0.0683. The van der Waals surface area contributed by atoms with Crippen LogP contribution in [0.3, 0.4) is 0 Å². The smallest absolute Gasteiger partial charge is 0.341 e. The number of carbonyl (C=O) groups is 3. The standard InChI is InChI=1S/C23H29NO5S/c1-3-12(2)29-23(28)19-15-6-4-5-7-16(15)30-21(19)24-20(25)17-13-8-10-14(11-9-13)18(17)22(26)27/h8,10,12-14,17-18H,3-7,9,11H2,1-2H3,(H,24,25)(H,26,27)/t12-,13+,14-,17-,18-/m0/s1. The van der Waals surface area contributed by atoms with Gasteiger partial charge in [-0.15, -0.1) is 11.3 Å². The second kappa shape index (κ2) is 8.53. The Hall–Kier alpha value is -2.15. The molecule has 1 aromatic rings. The minimum atomic E-state index is -0.920. The fourth-order valence-corrected chi connectivity index (χ4v) is 6.36. The quantitative estimate of drug-likeness (QED) is 0.513. The number of fused-ring (bicyclic) bond motifs is 3. The number of carboxylic acids is 1. The number of allylic oxidation sites excluding steroid dienone is 2. The van der Waals surface area contributed by atoms with Gasteiger partial charge in [-0.05, 0) is 69.3 Å². The summed E-state index contributed by atoms with van der Waals surface area (Å²) in [6, 6.07) is 0. The zero-order valence-electron chi connectivity index (χ0n) is 17.5. The Kier molecular flexibility index (Phi) is 6.00. The van der Waals surface area contributed by atoms with Crippen molar-refractivity contribution >= 4 is 34.2 Å². The molecule has 0 saturated heterocycles. The van der Waals surface area contributed by atoms with Gasteiger partial charge in [0.1, 0.15) is 5.00 Å². The summed E-state index contributed by atoms with van der Waals surface area (Å²) in [5, 5.41) is 13.2. The van der Waals surface area contributed by atoms with E-state index in [1.54, 1.807) is 0 Å². The van der Waals surface area contributed by atoms with Crippen molar-refractivity contribution in [2.75, 3.05) is 5.32 Å². The van der Waals surface area contributed by atoms with Crippen molar-refractivity contribution in [3.8, 4) is 0 Å². The molecule has 1 aromatic heterocycles. The number of hydrogen-bond donors (Lipinski definition) is 2. The second-order valence-corrected chi connectivity index (χ2v) is 9.81. The molecular formula is C23H29NO5S. The lowest BCUT2D eigenvalue weighted by Crippen LogP contribution is -2.47. The van der Waals surface area contributed by atoms with E-state index in [1.807, 2.05) is 26.0 Å². The predicted molar refractivity (Wildman–Crippen MR) is 115 cm³/mol. The Labute approximate surface area is 180 Å². The van der Waals surface area contributed by atoms with E-state index in [2.05, 4.69) is 5.32 Å². The molecule has 162 valence electrons. The number of ether oxygens (including phenoxy) is 1. The van der Waals surface area contributed by atoms with Crippen LogP contribution in [-0.4, -0.2) is 29.1 Å². The number of anilines is 1. The van der Waals surface area contributed by atoms with Gasteiger partial charge in [-0.2, -0.15) is 0 Å². The van der Waals surface area contributed by atoms with Crippen LogP contribution in [-0.2, 0) is 27.2 Å². The number of carboxylic acid groups (broad SMARTS) is 1. The average molecular weight is 432 g/mol. The predicted octanol–water partition coefficient (Wildman–Crippen LogP) is 4.43. The molecular weight excluding hydrogens is 402 g/mol. The average Bonchev–Trinajstić information content (AvgIpc) is 3.11. The van der Waals surface area contributed by atoms with Crippen molar-refractivity contribution in [3.63, 3.8) is 0 Å². The number of nitrogens with one attached hydrogen (secondary N) is 1. The van der Waals surface area contributed by atoms with Gasteiger partial charge in [0, 0.05) is 4.88 Å². The normalized spacial score (nSPS) is 27.9. The number of hydrogen-bond acceptors (Lipinski definition) is 5. The molecule has 5 rings (SSSR count). The van der Waals surface area contributed by atoms with Gasteiger partial charge in [-0.3, -0.25) is 9.59 Å². The first kappa shape index (κ1) is 21.1. The molecule has 1 heterocycles. The fraction of sp³-hybridized carbons (Fsp3) is 0.609. The molecule has 2 bridgehead atoms. The van der Waals surface area contributed by atoms with Crippen LogP contribution in [0.15, 0.2) is 12.2 Å². The highest BCUT2D eigenvalue weighted by atomic mass is 32.1. The maximum Gasteiger partial charge on any atom is 0.341 e. The minimum Gasteiger partial charge on any atom is -0.481 e. The van der Waals surface area contributed by atoms with Gasteiger partial charge >= 0.3 is 11.9 Å². The third-order valence-corrected chi connectivity index (χ3v) is 8.04. The van der Waals surface area contributed by atoms with E-state index in [9.17, 15) is 19.5 Å². The molecule has 5 atom stereocenters. The lowest BCUT2D eigenvalue weighted by atomic mass is 9.62. The van der Waals surface area contributed by atoms with Crippen LogP contribution < -0.4 is 5.32 Å². The molecule has 0 aromatic carbocycles. The Bertz CT molecular complexity index is 888. The maximum atomic E-state index is 13.3. The largest absolute Gasteiger partial charge is 0.481 e. The van der Waals surface area contributed by atoms with Crippen molar-refractivity contribution in [1.82, 2.24) is 0 Å². The summed E-state index contributed by atoms with van der Waals surface area (Å²) in [4.78, 5) is 39.3. The first-order valence-electron chi connectivity index (χ1n) is 11.0. The van der Waals surface area contributed by atoms with Crippen molar-refractivity contribution in [3.05, 3.63) is 28.2 Å². The van der Waals surface area contributed by atoms with E-state index in [0.29, 0.717) is 10.6 Å². The topological polar surface area (TPSA) is 92.7 Å². The summed E-state index contributed by atoms with van der Waals surface area (Å²) in [6.45, 7) is 3.82. The highest BCUT2D eigenvalue weighted by molar-refractivity contribution is 7.17. The van der Waals surface area contributed by atoms with Crippen molar-refractivity contribution in [1.29, 1.82) is 0 Å². The van der Waals surface area contributed by atoms with E-state index in [4.69, 9.17) is 4.74 Å². The molecule has 1 saturated carbocycles. The summed E-state index contributed by atoms with van der Waals surface area (Å²) in [7, 11) is 0. The highest BCUT2D eigenvalue weighted by Gasteiger charge is 2.48. The Morgan fingerprint density at radius 3 is 2.47 bits per heavy atom. The summed E-state index contributed by atoms with van der Waals surface area (Å²) in [6.07, 6.45) is 9.89. The summed E-state index contributed by atoms with van der Waals surface area (Å²) in [5.41, 5.74) is 1.47. The third-order valence-electron chi connectivity index (χ3n) is 6.83. The first-order valence-corrected chi connectivity index (χ1v) is 11.8. The van der Waals surface area contributed by atoms with Crippen LogP contribution in [0.1, 0.15) is 66.8 Å². The molecule has 7 heteroatoms. The zero-order chi connectivity index (χ0) is 21.4. The van der Waals surface area contributed by atoms with E-state index >= 15 is 0 Å². The van der Waals surface area contributed by atoms with E-state index in [0.717, 1.165) is 55.4 Å². The number of aryl methyl sites for hydroxylation is 1. The molecule has 0 aliphatic heterocycles. The molecule has 4 aliphatic rings. The molecule has 30 heavy (non-hydrogen) atoms. The van der Waals surface area contributed by atoms with E-state index < -0.39 is 17.8 Å². The first-order chi connectivity index (χ1) is 14.4.